The van der Waals surface area contributed by atoms with E-state index in [1.54, 1.807) is 0 Å². The molecule has 1 aromatic heterocycles. The van der Waals surface area contributed by atoms with Gasteiger partial charge in [0.1, 0.15) is 0 Å². The highest BCUT2D eigenvalue weighted by atomic mass is 16.2. The lowest BCUT2D eigenvalue weighted by atomic mass is 9.53. The summed E-state index contributed by atoms with van der Waals surface area (Å²) < 4.78 is 0. The highest BCUT2D eigenvalue weighted by Gasteiger charge is 2.51. The molecule has 5 fully saturated rings. The number of amides is 1. The molecule has 134 valence electrons. The molecule has 5 heteroatoms. The monoisotopic (exact) mass is 340 g/mol. The van der Waals surface area contributed by atoms with Gasteiger partial charge in [-0.3, -0.25) is 4.79 Å². The number of rotatable bonds is 3. The smallest absolute Gasteiger partial charge is 0.272 e. The number of nitrogens with one attached hydrogen (secondary N) is 1. The molecule has 4 saturated carbocycles. The minimum atomic E-state index is -0.0281. The van der Waals surface area contributed by atoms with Crippen molar-refractivity contribution < 1.29 is 4.79 Å². The number of nitrogens with zero attached hydrogens (tertiary/aromatic N) is 3. The molecular formula is C20H28N4O. The largest absolute Gasteiger partial charge is 0.355 e. The van der Waals surface area contributed by atoms with Crippen LogP contribution < -0.4 is 10.2 Å². The minimum Gasteiger partial charge on any atom is -0.355 e. The molecule has 1 aromatic rings. The third-order valence-electron chi connectivity index (χ3n) is 6.98. The van der Waals surface area contributed by atoms with Gasteiger partial charge in [0.05, 0.1) is 0 Å². The first-order chi connectivity index (χ1) is 12.2. The highest BCUT2D eigenvalue weighted by Crippen LogP contribution is 2.55. The second-order valence-corrected chi connectivity index (χ2v) is 8.98. The van der Waals surface area contributed by atoms with Crippen molar-refractivity contribution in [3.8, 4) is 0 Å². The molecule has 0 radical (unpaired) electrons. The van der Waals surface area contributed by atoms with Gasteiger partial charge < -0.3 is 10.2 Å². The van der Waals surface area contributed by atoms with E-state index in [4.69, 9.17) is 0 Å². The summed E-state index contributed by atoms with van der Waals surface area (Å²) in [6, 6.07) is 3.82. The van der Waals surface area contributed by atoms with Crippen molar-refractivity contribution in [3.63, 3.8) is 0 Å². The molecule has 1 amide bonds. The van der Waals surface area contributed by atoms with E-state index in [0.29, 0.717) is 5.69 Å². The Labute approximate surface area is 149 Å². The summed E-state index contributed by atoms with van der Waals surface area (Å²) >= 11 is 0. The number of hydrogen-bond acceptors (Lipinski definition) is 4. The quantitative estimate of drug-likeness (QED) is 0.918. The van der Waals surface area contributed by atoms with Crippen molar-refractivity contribution in [2.75, 3.05) is 18.0 Å². The van der Waals surface area contributed by atoms with Crippen LogP contribution in [0.5, 0.6) is 0 Å². The first kappa shape index (κ1) is 15.6. The van der Waals surface area contributed by atoms with E-state index in [1.807, 2.05) is 12.1 Å². The molecule has 1 aliphatic heterocycles. The van der Waals surface area contributed by atoms with Crippen LogP contribution in [-0.4, -0.2) is 34.7 Å². The normalized spacial score (nSPS) is 36.5. The van der Waals surface area contributed by atoms with Gasteiger partial charge in [-0.05, 0) is 87.7 Å². The Balaban J connectivity index is 1.28. The van der Waals surface area contributed by atoms with Gasteiger partial charge in [-0.1, -0.05) is 0 Å². The van der Waals surface area contributed by atoms with Crippen LogP contribution in [0.2, 0.25) is 0 Å². The summed E-state index contributed by atoms with van der Waals surface area (Å²) in [5, 5.41) is 12.0. The summed E-state index contributed by atoms with van der Waals surface area (Å²) in [4.78, 5) is 15.1. The Morgan fingerprint density at radius 3 is 2.16 bits per heavy atom. The molecular weight excluding hydrogens is 312 g/mol. The van der Waals surface area contributed by atoms with Crippen molar-refractivity contribution in [2.45, 2.75) is 63.3 Å². The Morgan fingerprint density at radius 2 is 1.60 bits per heavy atom. The van der Waals surface area contributed by atoms with Crippen molar-refractivity contribution in [2.24, 2.45) is 17.8 Å². The lowest BCUT2D eigenvalue weighted by molar-refractivity contribution is -0.0168. The van der Waals surface area contributed by atoms with Crippen LogP contribution in [0.3, 0.4) is 0 Å². The maximum absolute atomic E-state index is 12.8. The Kier molecular flexibility index (Phi) is 3.72. The summed E-state index contributed by atoms with van der Waals surface area (Å²) in [7, 11) is 0. The second kappa shape index (κ2) is 5.96. The van der Waals surface area contributed by atoms with Crippen molar-refractivity contribution in [1.82, 2.24) is 15.5 Å². The summed E-state index contributed by atoms with van der Waals surface area (Å²) in [6.45, 7) is 2.10. The predicted octanol–water partition coefficient (Wildman–Crippen LogP) is 3.17. The Morgan fingerprint density at radius 1 is 0.960 bits per heavy atom. The van der Waals surface area contributed by atoms with Gasteiger partial charge in [-0.2, -0.15) is 0 Å². The number of anilines is 1. The number of carbonyl (C=O) groups excluding carboxylic acids is 1. The standard InChI is InChI=1S/C20H28N4O/c25-19(17-4-5-18(23-22-17)24-6-2-1-3-7-24)21-20-11-14-8-15(12-20)10-16(9-14)13-20/h4-5,14-16H,1-3,6-13H2,(H,21,25). The lowest BCUT2D eigenvalue weighted by Gasteiger charge is -2.56. The van der Waals surface area contributed by atoms with Gasteiger partial charge in [0, 0.05) is 18.6 Å². The van der Waals surface area contributed by atoms with Crippen LogP contribution in [0, 0.1) is 17.8 Å². The van der Waals surface area contributed by atoms with Crippen molar-refractivity contribution in [3.05, 3.63) is 17.8 Å². The molecule has 6 rings (SSSR count). The third kappa shape index (κ3) is 2.91. The molecule has 4 aliphatic carbocycles. The molecule has 1 N–H and O–H groups in total. The zero-order chi connectivity index (χ0) is 16.9. The zero-order valence-corrected chi connectivity index (χ0v) is 14.9. The van der Waals surface area contributed by atoms with Crippen LogP contribution in [0.1, 0.15) is 68.3 Å². The summed E-state index contributed by atoms with van der Waals surface area (Å²) in [5.74, 6) is 3.38. The van der Waals surface area contributed by atoms with E-state index in [0.717, 1.165) is 36.7 Å². The minimum absolute atomic E-state index is 0.0281. The first-order valence-corrected chi connectivity index (χ1v) is 10.1. The molecule has 0 aromatic carbocycles. The molecule has 25 heavy (non-hydrogen) atoms. The maximum Gasteiger partial charge on any atom is 0.272 e. The Hall–Kier alpha value is -1.65. The molecule has 1 saturated heterocycles. The number of piperidine rings is 1. The van der Waals surface area contributed by atoms with Gasteiger partial charge in [-0.25, -0.2) is 0 Å². The van der Waals surface area contributed by atoms with Crippen LogP contribution in [-0.2, 0) is 0 Å². The summed E-state index contributed by atoms with van der Waals surface area (Å²) in [5.41, 5.74) is 0.510. The van der Waals surface area contributed by atoms with Gasteiger partial charge >= 0.3 is 0 Å². The fourth-order valence-corrected chi connectivity index (χ4v) is 6.31. The fraction of sp³-hybridized carbons (Fsp3) is 0.750. The molecule has 0 atom stereocenters. The van der Waals surface area contributed by atoms with Crippen molar-refractivity contribution >= 4 is 11.7 Å². The number of carbonyl (C=O) groups is 1. The molecule has 2 heterocycles. The lowest BCUT2D eigenvalue weighted by Crippen LogP contribution is -2.59. The topological polar surface area (TPSA) is 58.1 Å². The van der Waals surface area contributed by atoms with Gasteiger partial charge in [-0.15, -0.1) is 10.2 Å². The molecule has 5 nitrogen and oxygen atoms in total. The average molecular weight is 340 g/mol. The summed E-state index contributed by atoms with van der Waals surface area (Å²) in [6.07, 6.45) is 11.4. The third-order valence-corrected chi connectivity index (χ3v) is 6.98. The van der Waals surface area contributed by atoms with E-state index < -0.39 is 0 Å². The van der Waals surface area contributed by atoms with E-state index in [-0.39, 0.29) is 11.4 Å². The van der Waals surface area contributed by atoms with Crippen LogP contribution in [0.4, 0.5) is 5.82 Å². The first-order valence-electron chi connectivity index (χ1n) is 10.1. The second-order valence-electron chi connectivity index (χ2n) is 8.98. The fourth-order valence-electron chi connectivity index (χ4n) is 6.31. The van der Waals surface area contributed by atoms with E-state index >= 15 is 0 Å². The van der Waals surface area contributed by atoms with E-state index in [9.17, 15) is 4.79 Å². The predicted molar refractivity (Wildman–Crippen MR) is 96.5 cm³/mol. The number of aromatic nitrogens is 2. The van der Waals surface area contributed by atoms with Crippen LogP contribution in [0.15, 0.2) is 12.1 Å². The van der Waals surface area contributed by atoms with E-state index in [1.165, 1.54) is 57.8 Å². The van der Waals surface area contributed by atoms with Crippen LogP contribution in [0.25, 0.3) is 0 Å². The molecule has 0 spiro atoms. The molecule has 4 bridgehead atoms. The van der Waals surface area contributed by atoms with Crippen molar-refractivity contribution in [1.29, 1.82) is 0 Å². The average Bonchev–Trinajstić information content (AvgIpc) is 2.61. The maximum atomic E-state index is 12.8. The molecule has 5 aliphatic rings. The van der Waals surface area contributed by atoms with Gasteiger partial charge in [0.15, 0.2) is 11.5 Å². The Bertz CT molecular complexity index is 615. The molecule has 0 unspecified atom stereocenters. The highest BCUT2D eigenvalue weighted by molar-refractivity contribution is 5.92. The zero-order valence-electron chi connectivity index (χ0n) is 14.9. The van der Waals surface area contributed by atoms with E-state index in [2.05, 4.69) is 20.4 Å². The SMILES string of the molecule is O=C(NC12CC3CC(CC(C3)C1)C2)c1ccc(N2CCCCC2)nn1. The van der Waals surface area contributed by atoms with Crippen LogP contribution >= 0.6 is 0 Å². The van der Waals surface area contributed by atoms with Gasteiger partial charge in [0.2, 0.25) is 0 Å². The van der Waals surface area contributed by atoms with Gasteiger partial charge in [0.25, 0.3) is 5.91 Å². The number of hydrogen-bond donors (Lipinski definition) is 1.